The van der Waals surface area contributed by atoms with E-state index in [0.717, 1.165) is 23.0 Å². The zero-order chi connectivity index (χ0) is 21.8. The third-order valence-corrected chi connectivity index (χ3v) is 4.65. The Kier molecular flexibility index (Phi) is 5.57. The van der Waals surface area contributed by atoms with Crippen molar-refractivity contribution in [2.45, 2.75) is 6.54 Å². The average molecular weight is 416 g/mol. The first kappa shape index (κ1) is 20.0. The number of benzene rings is 3. The molecule has 0 radical (unpaired) electrons. The highest BCUT2D eigenvalue weighted by Crippen LogP contribution is 2.27. The number of aromatic nitrogens is 1. The van der Waals surface area contributed by atoms with E-state index in [1.807, 2.05) is 36.4 Å². The zero-order valence-electron chi connectivity index (χ0n) is 16.2. The van der Waals surface area contributed by atoms with Crippen LogP contribution in [0.4, 0.5) is 4.39 Å². The van der Waals surface area contributed by atoms with Crippen LogP contribution in [0.5, 0.6) is 11.6 Å². The Morgan fingerprint density at radius 1 is 0.968 bits per heavy atom. The summed E-state index contributed by atoms with van der Waals surface area (Å²) >= 11 is 0. The van der Waals surface area contributed by atoms with Gasteiger partial charge in [-0.05, 0) is 46.7 Å². The summed E-state index contributed by atoms with van der Waals surface area (Å²) in [5.74, 6) is -1.81. The number of rotatable bonds is 6. The second-order valence-corrected chi connectivity index (χ2v) is 6.80. The number of aromatic carboxylic acids is 1. The van der Waals surface area contributed by atoms with Crippen LogP contribution in [0.25, 0.3) is 10.8 Å². The number of pyridine rings is 1. The average Bonchev–Trinajstić information content (AvgIpc) is 2.79. The Labute approximate surface area is 176 Å². The van der Waals surface area contributed by atoms with Crippen LogP contribution in [-0.4, -0.2) is 22.0 Å². The second-order valence-electron chi connectivity index (χ2n) is 6.80. The molecule has 6 nitrogen and oxygen atoms in total. The number of hydrogen-bond donors (Lipinski definition) is 2. The summed E-state index contributed by atoms with van der Waals surface area (Å²) in [5, 5.41) is 13.6. The van der Waals surface area contributed by atoms with Gasteiger partial charge in [0, 0.05) is 6.54 Å². The third kappa shape index (κ3) is 4.67. The zero-order valence-corrected chi connectivity index (χ0v) is 16.2. The van der Waals surface area contributed by atoms with Crippen LogP contribution in [0.2, 0.25) is 0 Å². The summed E-state index contributed by atoms with van der Waals surface area (Å²) in [6.07, 6.45) is 0.984. The van der Waals surface area contributed by atoms with Crippen LogP contribution in [0.3, 0.4) is 0 Å². The number of carbonyl (C=O) groups is 2. The summed E-state index contributed by atoms with van der Waals surface area (Å²) in [5.41, 5.74) is 0.797. The van der Waals surface area contributed by atoms with Crippen LogP contribution < -0.4 is 10.1 Å². The summed E-state index contributed by atoms with van der Waals surface area (Å²) in [6, 6.07) is 20.3. The molecule has 7 heteroatoms. The maximum atomic E-state index is 13.8. The normalized spacial score (nSPS) is 10.6. The van der Waals surface area contributed by atoms with Gasteiger partial charge in [0.1, 0.15) is 17.1 Å². The van der Waals surface area contributed by atoms with E-state index in [1.165, 1.54) is 12.1 Å². The quantitative estimate of drug-likeness (QED) is 0.472. The number of nitrogens with one attached hydrogen (secondary N) is 1. The number of halogens is 1. The topological polar surface area (TPSA) is 88.5 Å². The lowest BCUT2D eigenvalue weighted by Gasteiger charge is -2.11. The molecule has 2 N–H and O–H groups in total. The predicted molar refractivity (Wildman–Crippen MR) is 113 cm³/mol. The van der Waals surface area contributed by atoms with Crippen molar-refractivity contribution < 1.29 is 23.8 Å². The molecule has 4 aromatic rings. The molecule has 0 saturated carbocycles. The smallest absolute Gasteiger partial charge is 0.335 e. The Balaban J connectivity index is 1.52. The van der Waals surface area contributed by atoms with Gasteiger partial charge in [-0.3, -0.25) is 4.79 Å². The Hall–Kier alpha value is -4.26. The second kappa shape index (κ2) is 8.62. The molecular formula is C24H17FN2O4. The van der Waals surface area contributed by atoms with Crippen molar-refractivity contribution >= 4 is 22.6 Å². The minimum atomic E-state index is -1.03. The van der Waals surface area contributed by atoms with E-state index in [0.29, 0.717) is 11.3 Å². The number of nitrogens with zero attached hydrogens (tertiary/aromatic N) is 1. The van der Waals surface area contributed by atoms with Crippen molar-refractivity contribution in [3.8, 4) is 11.6 Å². The van der Waals surface area contributed by atoms with E-state index in [2.05, 4.69) is 10.3 Å². The Morgan fingerprint density at radius 2 is 1.71 bits per heavy atom. The number of hydrogen-bond acceptors (Lipinski definition) is 4. The minimum Gasteiger partial charge on any atom is -0.478 e. The lowest BCUT2D eigenvalue weighted by Crippen LogP contribution is -2.23. The molecule has 0 aliphatic rings. The molecule has 31 heavy (non-hydrogen) atoms. The molecule has 0 spiro atoms. The van der Waals surface area contributed by atoms with Crippen LogP contribution in [0.1, 0.15) is 26.3 Å². The lowest BCUT2D eigenvalue weighted by atomic mass is 10.1. The largest absolute Gasteiger partial charge is 0.478 e. The maximum absolute atomic E-state index is 13.8. The van der Waals surface area contributed by atoms with Crippen LogP contribution in [0.15, 0.2) is 79.0 Å². The fourth-order valence-corrected chi connectivity index (χ4v) is 3.06. The number of amides is 1. The molecule has 0 saturated heterocycles. The van der Waals surface area contributed by atoms with E-state index >= 15 is 0 Å². The van der Waals surface area contributed by atoms with Gasteiger partial charge in [0.15, 0.2) is 0 Å². The summed E-state index contributed by atoms with van der Waals surface area (Å²) in [6.45, 7) is 0.130. The Morgan fingerprint density at radius 3 is 2.45 bits per heavy atom. The van der Waals surface area contributed by atoms with Crippen molar-refractivity contribution in [3.63, 3.8) is 0 Å². The highest BCUT2D eigenvalue weighted by molar-refractivity contribution is 5.96. The molecule has 1 aromatic heterocycles. The van der Waals surface area contributed by atoms with Gasteiger partial charge >= 0.3 is 5.97 Å². The molecule has 0 bridgehead atoms. The van der Waals surface area contributed by atoms with E-state index in [9.17, 15) is 14.0 Å². The number of carbonyl (C=O) groups excluding carboxylic acids is 1. The number of carboxylic acid groups (broad SMARTS) is 1. The molecule has 0 aliphatic carbocycles. The fourth-order valence-electron chi connectivity index (χ4n) is 3.06. The van der Waals surface area contributed by atoms with Crippen molar-refractivity contribution in [1.82, 2.24) is 10.3 Å². The van der Waals surface area contributed by atoms with E-state index < -0.39 is 17.7 Å². The first-order chi connectivity index (χ1) is 15.0. The van der Waals surface area contributed by atoms with Gasteiger partial charge < -0.3 is 15.2 Å². The summed E-state index contributed by atoms with van der Waals surface area (Å²) < 4.78 is 19.6. The Bertz CT molecular complexity index is 1270. The van der Waals surface area contributed by atoms with Crippen molar-refractivity contribution in [1.29, 1.82) is 0 Å². The SMILES string of the molecule is O=C(O)c1ccc(CNC(=O)c2cc(F)cnc2Oc2ccc3ccccc3c2)cc1. The van der Waals surface area contributed by atoms with Gasteiger partial charge in [0.2, 0.25) is 5.88 Å². The maximum Gasteiger partial charge on any atom is 0.335 e. The molecular weight excluding hydrogens is 399 g/mol. The molecule has 0 fully saturated rings. The first-order valence-electron chi connectivity index (χ1n) is 9.42. The number of carboxylic acids is 1. The molecule has 0 atom stereocenters. The van der Waals surface area contributed by atoms with Gasteiger partial charge in [-0.25, -0.2) is 14.2 Å². The molecule has 0 unspecified atom stereocenters. The van der Waals surface area contributed by atoms with Crippen LogP contribution >= 0.6 is 0 Å². The third-order valence-electron chi connectivity index (χ3n) is 4.65. The van der Waals surface area contributed by atoms with Gasteiger partial charge in [0.25, 0.3) is 5.91 Å². The van der Waals surface area contributed by atoms with Crippen molar-refractivity contribution in [3.05, 3.63) is 102 Å². The first-order valence-corrected chi connectivity index (χ1v) is 9.42. The van der Waals surface area contributed by atoms with E-state index in [1.54, 1.807) is 18.2 Å². The summed E-state index contributed by atoms with van der Waals surface area (Å²) in [4.78, 5) is 27.5. The highest BCUT2D eigenvalue weighted by Gasteiger charge is 2.16. The molecule has 3 aromatic carbocycles. The molecule has 0 aliphatic heterocycles. The number of ether oxygens (including phenoxy) is 1. The predicted octanol–water partition coefficient (Wildman–Crippen LogP) is 4.79. The van der Waals surface area contributed by atoms with Crippen LogP contribution in [0, 0.1) is 5.82 Å². The molecule has 1 amide bonds. The van der Waals surface area contributed by atoms with Crippen molar-refractivity contribution in [2.75, 3.05) is 0 Å². The van der Waals surface area contributed by atoms with Gasteiger partial charge in [-0.2, -0.15) is 0 Å². The van der Waals surface area contributed by atoms with Crippen LogP contribution in [-0.2, 0) is 6.54 Å². The fraction of sp³-hybridized carbons (Fsp3) is 0.0417. The number of fused-ring (bicyclic) bond motifs is 1. The van der Waals surface area contributed by atoms with E-state index in [4.69, 9.17) is 9.84 Å². The summed E-state index contributed by atoms with van der Waals surface area (Å²) in [7, 11) is 0. The van der Waals surface area contributed by atoms with Gasteiger partial charge in [-0.1, -0.05) is 42.5 Å². The lowest BCUT2D eigenvalue weighted by molar-refractivity contribution is 0.0696. The van der Waals surface area contributed by atoms with Crippen molar-refractivity contribution in [2.24, 2.45) is 0 Å². The molecule has 4 rings (SSSR count). The molecule has 154 valence electrons. The van der Waals surface area contributed by atoms with Gasteiger partial charge in [-0.15, -0.1) is 0 Å². The van der Waals surface area contributed by atoms with E-state index in [-0.39, 0.29) is 23.6 Å². The molecule has 1 heterocycles. The van der Waals surface area contributed by atoms with Gasteiger partial charge in [0.05, 0.1) is 11.8 Å². The standard InChI is InChI=1S/C24H17FN2O4/c25-19-12-21(22(28)26-13-15-5-7-17(8-6-15)24(29)30)23(27-14-19)31-20-10-9-16-3-1-2-4-18(16)11-20/h1-12,14H,13H2,(H,26,28)(H,29,30). The monoisotopic (exact) mass is 416 g/mol. The minimum absolute atomic E-state index is 0.0181. The highest BCUT2D eigenvalue weighted by atomic mass is 19.1.